The Morgan fingerprint density at radius 2 is 1.87 bits per heavy atom. The van der Waals surface area contributed by atoms with E-state index >= 15 is 0 Å². The fourth-order valence-corrected chi connectivity index (χ4v) is 3.15. The molecule has 1 heteroatoms. The highest BCUT2D eigenvalue weighted by atomic mass is 14.9. The van der Waals surface area contributed by atoms with Crippen molar-refractivity contribution < 1.29 is 0 Å². The molecule has 0 bridgehead atoms. The van der Waals surface area contributed by atoms with Crippen LogP contribution in [0.5, 0.6) is 0 Å². The van der Waals surface area contributed by atoms with Gasteiger partial charge in [0.05, 0.1) is 0 Å². The van der Waals surface area contributed by atoms with Gasteiger partial charge in [0.1, 0.15) is 0 Å². The second-order valence-electron chi connectivity index (χ2n) is 5.88. The van der Waals surface area contributed by atoms with Gasteiger partial charge in [0.25, 0.3) is 0 Å². The lowest BCUT2D eigenvalue weighted by Crippen LogP contribution is -2.30. The summed E-state index contributed by atoms with van der Waals surface area (Å²) in [5.74, 6) is 0.996. The van der Waals surface area contributed by atoms with E-state index in [1.165, 1.54) is 70.9 Å². The average molecular weight is 209 g/mol. The van der Waals surface area contributed by atoms with E-state index in [1.54, 1.807) is 0 Å². The highest BCUT2D eigenvalue weighted by Crippen LogP contribution is 2.48. The van der Waals surface area contributed by atoms with Gasteiger partial charge in [-0.05, 0) is 50.0 Å². The Bertz CT molecular complexity index is 178. The normalized spacial score (nSPS) is 25.4. The van der Waals surface area contributed by atoms with Gasteiger partial charge in [-0.25, -0.2) is 0 Å². The lowest BCUT2D eigenvalue weighted by atomic mass is 9.89. The maximum Gasteiger partial charge on any atom is 0.000793 e. The van der Waals surface area contributed by atoms with Gasteiger partial charge in [-0.1, -0.05) is 32.6 Å². The van der Waals surface area contributed by atoms with E-state index in [0.29, 0.717) is 0 Å². The van der Waals surface area contributed by atoms with Crippen LogP contribution in [-0.4, -0.2) is 13.1 Å². The minimum absolute atomic E-state index is 0.740. The Morgan fingerprint density at radius 3 is 2.47 bits per heavy atom. The predicted octanol–water partition coefficient (Wildman–Crippen LogP) is 3.74. The third-order valence-corrected chi connectivity index (χ3v) is 4.40. The van der Waals surface area contributed by atoms with Crippen molar-refractivity contribution in [3.63, 3.8) is 0 Å². The first-order valence-electron chi connectivity index (χ1n) is 7.05. The summed E-state index contributed by atoms with van der Waals surface area (Å²) in [5.41, 5.74) is 0.740. The van der Waals surface area contributed by atoms with Crippen LogP contribution >= 0.6 is 0 Å². The van der Waals surface area contributed by atoms with Crippen LogP contribution in [-0.2, 0) is 0 Å². The monoisotopic (exact) mass is 209 g/mol. The molecular formula is C14H27N. The molecule has 0 aromatic heterocycles. The third-order valence-electron chi connectivity index (χ3n) is 4.40. The molecule has 0 saturated heterocycles. The van der Waals surface area contributed by atoms with Crippen LogP contribution in [0.3, 0.4) is 0 Å². The lowest BCUT2D eigenvalue weighted by molar-refractivity contribution is 0.323. The molecule has 88 valence electrons. The summed E-state index contributed by atoms with van der Waals surface area (Å²) in [6.45, 7) is 4.92. The number of nitrogens with one attached hydrogen (secondary N) is 1. The molecule has 2 rings (SSSR count). The maximum absolute atomic E-state index is 3.74. The molecule has 1 nitrogen and oxygen atoms in total. The van der Waals surface area contributed by atoms with E-state index in [4.69, 9.17) is 0 Å². The van der Waals surface area contributed by atoms with Gasteiger partial charge in [0.15, 0.2) is 0 Å². The lowest BCUT2D eigenvalue weighted by Gasteiger charge is -2.23. The minimum atomic E-state index is 0.740. The van der Waals surface area contributed by atoms with Gasteiger partial charge >= 0.3 is 0 Å². The third kappa shape index (κ3) is 3.48. The first-order valence-corrected chi connectivity index (χ1v) is 7.05. The van der Waals surface area contributed by atoms with Crippen LogP contribution in [0, 0.1) is 11.3 Å². The summed E-state index contributed by atoms with van der Waals surface area (Å²) >= 11 is 0. The molecule has 15 heavy (non-hydrogen) atoms. The Labute approximate surface area is 95.0 Å². The standard InChI is InChI=1S/C14H27N/c1-2-8-14(9-10-14)12-15-11-13-6-4-3-5-7-13/h13,15H,2-12H2,1H3. The smallest absolute Gasteiger partial charge is 0.000793 e. The van der Waals surface area contributed by atoms with E-state index in [2.05, 4.69) is 12.2 Å². The van der Waals surface area contributed by atoms with Crippen LogP contribution in [0.15, 0.2) is 0 Å². The van der Waals surface area contributed by atoms with Crippen LogP contribution < -0.4 is 5.32 Å². The first-order chi connectivity index (χ1) is 7.35. The summed E-state index contributed by atoms with van der Waals surface area (Å²) < 4.78 is 0. The van der Waals surface area contributed by atoms with Crippen molar-refractivity contribution in [2.75, 3.05) is 13.1 Å². The van der Waals surface area contributed by atoms with Gasteiger partial charge in [-0.15, -0.1) is 0 Å². The molecule has 0 amide bonds. The molecule has 0 radical (unpaired) electrons. The number of hydrogen-bond acceptors (Lipinski definition) is 1. The highest BCUT2D eigenvalue weighted by molar-refractivity contribution is 4.94. The van der Waals surface area contributed by atoms with Gasteiger partial charge in [-0.3, -0.25) is 0 Å². The maximum atomic E-state index is 3.74. The molecule has 0 spiro atoms. The second kappa shape index (κ2) is 5.34. The van der Waals surface area contributed by atoms with Gasteiger partial charge in [0.2, 0.25) is 0 Å². The SMILES string of the molecule is CCCC1(CNCC2CCCCC2)CC1. The Kier molecular flexibility index (Phi) is 4.07. The molecule has 2 aliphatic carbocycles. The van der Waals surface area contributed by atoms with Crippen molar-refractivity contribution in [2.24, 2.45) is 11.3 Å². The summed E-state index contributed by atoms with van der Waals surface area (Å²) in [4.78, 5) is 0. The molecular weight excluding hydrogens is 182 g/mol. The summed E-state index contributed by atoms with van der Waals surface area (Å²) in [5, 5.41) is 3.74. The van der Waals surface area contributed by atoms with Crippen molar-refractivity contribution in [1.82, 2.24) is 5.32 Å². The fourth-order valence-electron chi connectivity index (χ4n) is 3.15. The zero-order valence-corrected chi connectivity index (χ0v) is 10.4. The number of rotatable bonds is 6. The van der Waals surface area contributed by atoms with Crippen LogP contribution in [0.25, 0.3) is 0 Å². The zero-order chi connectivity index (χ0) is 10.6. The highest BCUT2D eigenvalue weighted by Gasteiger charge is 2.40. The van der Waals surface area contributed by atoms with Gasteiger partial charge in [0, 0.05) is 6.54 Å². The second-order valence-corrected chi connectivity index (χ2v) is 5.88. The number of hydrogen-bond donors (Lipinski definition) is 1. The molecule has 1 N–H and O–H groups in total. The largest absolute Gasteiger partial charge is 0.316 e. The topological polar surface area (TPSA) is 12.0 Å². The van der Waals surface area contributed by atoms with E-state index < -0.39 is 0 Å². The van der Waals surface area contributed by atoms with Crippen LogP contribution in [0.2, 0.25) is 0 Å². The van der Waals surface area contributed by atoms with E-state index in [0.717, 1.165) is 11.3 Å². The Hall–Kier alpha value is -0.0400. The first kappa shape index (κ1) is 11.4. The van der Waals surface area contributed by atoms with Crippen LogP contribution in [0.1, 0.15) is 64.7 Å². The van der Waals surface area contributed by atoms with Crippen molar-refractivity contribution in [2.45, 2.75) is 64.7 Å². The Balaban J connectivity index is 1.58. The fraction of sp³-hybridized carbons (Fsp3) is 1.00. The van der Waals surface area contributed by atoms with Crippen molar-refractivity contribution in [3.8, 4) is 0 Å². The molecule has 0 unspecified atom stereocenters. The van der Waals surface area contributed by atoms with Crippen LogP contribution in [0.4, 0.5) is 0 Å². The molecule has 0 aliphatic heterocycles. The van der Waals surface area contributed by atoms with Gasteiger partial charge < -0.3 is 5.32 Å². The minimum Gasteiger partial charge on any atom is -0.316 e. The van der Waals surface area contributed by atoms with Gasteiger partial charge in [-0.2, -0.15) is 0 Å². The predicted molar refractivity (Wildman–Crippen MR) is 66.0 cm³/mol. The molecule has 0 aromatic rings. The van der Waals surface area contributed by atoms with Crippen molar-refractivity contribution in [3.05, 3.63) is 0 Å². The van der Waals surface area contributed by atoms with E-state index in [9.17, 15) is 0 Å². The molecule has 2 saturated carbocycles. The van der Waals surface area contributed by atoms with E-state index in [-0.39, 0.29) is 0 Å². The van der Waals surface area contributed by atoms with Crippen molar-refractivity contribution >= 4 is 0 Å². The average Bonchev–Trinajstić information content (AvgIpc) is 3.00. The summed E-state index contributed by atoms with van der Waals surface area (Å²) in [6, 6.07) is 0. The zero-order valence-electron chi connectivity index (χ0n) is 10.4. The molecule has 2 fully saturated rings. The molecule has 0 aromatic carbocycles. The molecule has 2 aliphatic rings. The Morgan fingerprint density at radius 1 is 1.13 bits per heavy atom. The molecule has 0 heterocycles. The molecule has 0 atom stereocenters. The quantitative estimate of drug-likeness (QED) is 0.703. The van der Waals surface area contributed by atoms with E-state index in [1.807, 2.05) is 0 Å². The summed E-state index contributed by atoms with van der Waals surface area (Å²) in [7, 11) is 0. The summed E-state index contributed by atoms with van der Waals surface area (Å²) in [6.07, 6.45) is 13.2. The van der Waals surface area contributed by atoms with Crippen molar-refractivity contribution in [1.29, 1.82) is 0 Å².